The van der Waals surface area contributed by atoms with Crippen molar-refractivity contribution in [2.45, 2.75) is 38.1 Å². The van der Waals surface area contributed by atoms with Crippen molar-refractivity contribution in [3.63, 3.8) is 0 Å². The smallest absolute Gasteiger partial charge is 0.322 e. The number of urea groups is 1. The van der Waals surface area contributed by atoms with Crippen LogP contribution in [0.2, 0.25) is 0 Å². The van der Waals surface area contributed by atoms with Crippen LogP contribution < -0.4 is 5.32 Å². The fourth-order valence-corrected chi connectivity index (χ4v) is 5.63. The number of aromatic amines is 1. The van der Waals surface area contributed by atoms with Crippen LogP contribution in [0.5, 0.6) is 0 Å². The van der Waals surface area contributed by atoms with Crippen molar-refractivity contribution in [2.75, 3.05) is 11.9 Å². The molecule has 1 saturated carbocycles. The van der Waals surface area contributed by atoms with Gasteiger partial charge in [0.25, 0.3) is 0 Å². The van der Waals surface area contributed by atoms with E-state index < -0.39 is 17.7 Å². The summed E-state index contributed by atoms with van der Waals surface area (Å²) < 4.78 is 28.9. The van der Waals surface area contributed by atoms with Gasteiger partial charge in [-0.15, -0.1) is 0 Å². The van der Waals surface area contributed by atoms with Gasteiger partial charge in [0.05, 0.1) is 0 Å². The largest absolute Gasteiger partial charge is 0.356 e. The summed E-state index contributed by atoms with van der Waals surface area (Å²) in [6.45, 7) is 4.44. The van der Waals surface area contributed by atoms with E-state index in [-0.39, 0.29) is 17.0 Å². The molecule has 0 bridgehead atoms. The first-order valence-electron chi connectivity index (χ1n) is 11.6. The van der Waals surface area contributed by atoms with E-state index in [2.05, 4.69) is 16.4 Å². The van der Waals surface area contributed by atoms with Crippen LogP contribution >= 0.6 is 0 Å². The lowest BCUT2D eigenvalue weighted by Crippen LogP contribution is -2.47. The molecule has 34 heavy (non-hydrogen) atoms. The number of para-hydroxylation sites is 1. The normalized spacial score (nSPS) is 18.2. The molecule has 4 nitrogen and oxygen atoms in total. The molecule has 172 valence electrons. The second-order valence-electron chi connectivity index (χ2n) is 9.74. The molecule has 2 aliphatic rings. The van der Waals surface area contributed by atoms with Gasteiger partial charge in [-0.3, -0.25) is 0 Å². The highest BCUT2D eigenvalue weighted by Gasteiger charge is 2.55. The zero-order valence-electron chi connectivity index (χ0n) is 19.1. The van der Waals surface area contributed by atoms with Crippen LogP contribution in [0.3, 0.4) is 0 Å². The number of H-pyrrole nitrogens is 1. The number of aromatic nitrogens is 1. The topological polar surface area (TPSA) is 48.1 Å². The second-order valence-corrected chi connectivity index (χ2v) is 9.74. The lowest BCUT2D eigenvalue weighted by atomic mass is 9.83. The van der Waals surface area contributed by atoms with Gasteiger partial charge in [-0.05, 0) is 67.6 Å². The number of aryl methyl sites for hydroxylation is 2. The van der Waals surface area contributed by atoms with E-state index in [1.807, 2.05) is 50.2 Å². The van der Waals surface area contributed by atoms with Gasteiger partial charge in [-0.2, -0.15) is 0 Å². The third-order valence-corrected chi connectivity index (χ3v) is 7.17. The van der Waals surface area contributed by atoms with Crippen LogP contribution in [-0.4, -0.2) is 22.5 Å². The molecule has 1 atom stereocenters. The van der Waals surface area contributed by atoms with Crippen molar-refractivity contribution in [3.05, 3.63) is 100 Å². The fraction of sp³-hybridized carbons (Fsp3) is 0.250. The number of nitrogens with one attached hydrogen (secondary N) is 2. The molecule has 0 saturated heterocycles. The number of fused-ring (bicyclic) bond motifs is 4. The van der Waals surface area contributed by atoms with Crippen molar-refractivity contribution in [1.29, 1.82) is 0 Å². The van der Waals surface area contributed by atoms with Gasteiger partial charge in [-0.25, -0.2) is 13.6 Å². The van der Waals surface area contributed by atoms with Crippen molar-refractivity contribution in [3.8, 4) is 0 Å². The summed E-state index contributed by atoms with van der Waals surface area (Å²) in [4.78, 5) is 18.9. The summed E-state index contributed by atoms with van der Waals surface area (Å²) in [6, 6.07) is 16.5. The van der Waals surface area contributed by atoms with Crippen molar-refractivity contribution >= 4 is 22.6 Å². The highest BCUT2D eigenvalue weighted by Crippen LogP contribution is 2.58. The molecule has 1 fully saturated rings. The quantitative estimate of drug-likeness (QED) is 0.344. The number of hydrogen-bond donors (Lipinski definition) is 2. The number of amides is 2. The maximum absolute atomic E-state index is 15.1. The number of anilines is 1. The molecule has 4 aromatic rings. The Hall–Kier alpha value is -3.67. The molecule has 1 unspecified atom stereocenters. The molecule has 2 heterocycles. The highest BCUT2D eigenvalue weighted by atomic mass is 19.1. The third kappa shape index (κ3) is 3.28. The maximum atomic E-state index is 15.1. The molecule has 1 aromatic heterocycles. The first-order valence-corrected chi connectivity index (χ1v) is 11.6. The lowest BCUT2D eigenvalue weighted by Gasteiger charge is -2.40. The molecule has 0 radical (unpaired) electrons. The monoisotopic (exact) mass is 457 g/mol. The Morgan fingerprint density at radius 3 is 2.47 bits per heavy atom. The summed E-state index contributed by atoms with van der Waals surface area (Å²) in [6.07, 6.45) is 1.93. The first-order chi connectivity index (χ1) is 16.3. The SMILES string of the molecule is Cc1cc(C)cc(NC(=O)N2CC3(CC3)c3c([nH]c4ccccc34)C2c2ccc(F)cc2F)c1. The summed E-state index contributed by atoms with van der Waals surface area (Å²) in [5, 5.41) is 4.14. The molecule has 2 N–H and O–H groups in total. The van der Waals surface area contributed by atoms with Crippen LogP contribution in [0, 0.1) is 25.5 Å². The zero-order chi connectivity index (χ0) is 23.6. The maximum Gasteiger partial charge on any atom is 0.322 e. The fourth-order valence-electron chi connectivity index (χ4n) is 5.63. The van der Waals surface area contributed by atoms with E-state index in [9.17, 15) is 9.18 Å². The number of benzene rings is 3. The molecule has 1 aliphatic carbocycles. The molecule has 2 amide bonds. The Labute approximate surface area is 196 Å². The Kier molecular flexibility index (Phi) is 4.56. The number of halogens is 2. The average molecular weight is 458 g/mol. The minimum atomic E-state index is -0.694. The van der Waals surface area contributed by atoms with Gasteiger partial charge in [-0.1, -0.05) is 30.3 Å². The second kappa shape index (κ2) is 7.42. The van der Waals surface area contributed by atoms with E-state index in [0.29, 0.717) is 12.2 Å². The van der Waals surface area contributed by atoms with Crippen molar-refractivity contribution < 1.29 is 13.6 Å². The van der Waals surface area contributed by atoms with E-state index >= 15 is 4.39 Å². The van der Waals surface area contributed by atoms with E-state index in [1.54, 1.807) is 4.90 Å². The van der Waals surface area contributed by atoms with Crippen molar-refractivity contribution in [1.82, 2.24) is 9.88 Å². The van der Waals surface area contributed by atoms with Gasteiger partial charge in [0.15, 0.2) is 0 Å². The summed E-state index contributed by atoms with van der Waals surface area (Å²) >= 11 is 0. The predicted octanol–water partition coefficient (Wildman–Crippen LogP) is 6.73. The Morgan fingerprint density at radius 1 is 1.03 bits per heavy atom. The van der Waals surface area contributed by atoms with E-state index in [4.69, 9.17) is 0 Å². The number of hydrogen-bond acceptors (Lipinski definition) is 1. The average Bonchev–Trinajstić information content (AvgIpc) is 3.42. The minimum Gasteiger partial charge on any atom is -0.356 e. The summed E-state index contributed by atoms with van der Waals surface area (Å²) in [7, 11) is 0. The molecular formula is C28H25F2N3O. The number of carbonyl (C=O) groups excluding carboxylic acids is 1. The summed E-state index contributed by atoms with van der Waals surface area (Å²) in [5.41, 5.74) is 5.86. The molecule has 6 heteroatoms. The number of carbonyl (C=O) groups is 1. The zero-order valence-corrected chi connectivity index (χ0v) is 19.1. The van der Waals surface area contributed by atoms with Crippen LogP contribution in [0.4, 0.5) is 19.3 Å². The predicted molar refractivity (Wildman–Crippen MR) is 129 cm³/mol. The van der Waals surface area contributed by atoms with Gasteiger partial charge < -0.3 is 15.2 Å². The molecule has 1 aliphatic heterocycles. The minimum absolute atomic E-state index is 0.151. The van der Waals surface area contributed by atoms with Crippen LogP contribution in [0.25, 0.3) is 10.9 Å². The Morgan fingerprint density at radius 2 is 1.76 bits per heavy atom. The number of rotatable bonds is 2. The van der Waals surface area contributed by atoms with Gasteiger partial charge >= 0.3 is 6.03 Å². The molecule has 6 rings (SSSR count). The molecule has 3 aromatic carbocycles. The Bertz CT molecular complexity index is 1430. The van der Waals surface area contributed by atoms with E-state index in [0.717, 1.165) is 52.2 Å². The first kappa shape index (κ1) is 20.9. The molecular weight excluding hydrogens is 432 g/mol. The standard InChI is InChI=1S/C28H25F2N3O/c1-16-11-17(2)13-19(12-16)31-27(34)33-15-28(9-10-28)24-21-5-3-4-6-23(21)32-25(24)26(33)20-8-7-18(29)14-22(20)30/h3-8,11-14,26,32H,9-10,15H2,1-2H3,(H,31,34). The van der Waals surface area contributed by atoms with Gasteiger partial charge in [0, 0.05) is 45.9 Å². The summed E-state index contributed by atoms with van der Waals surface area (Å²) in [5.74, 6) is -1.30. The van der Waals surface area contributed by atoms with Crippen LogP contribution in [0.15, 0.2) is 60.7 Å². The number of nitrogens with zero attached hydrogens (tertiary/aromatic N) is 1. The highest BCUT2D eigenvalue weighted by molar-refractivity contribution is 5.92. The van der Waals surface area contributed by atoms with E-state index in [1.165, 1.54) is 12.1 Å². The van der Waals surface area contributed by atoms with Crippen molar-refractivity contribution in [2.24, 2.45) is 0 Å². The molecule has 1 spiro atoms. The van der Waals surface area contributed by atoms with Gasteiger partial charge in [0.2, 0.25) is 0 Å². The van der Waals surface area contributed by atoms with Crippen LogP contribution in [0.1, 0.15) is 46.8 Å². The van der Waals surface area contributed by atoms with Gasteiger partial charge in [0.1, 0.15) is 17.7 Å². The Balaban J connectivity index is 1.51. The third-order valence-electron chi connectivity index (χ3n) is 7.17. The lowest BCUT2D eigenvalue weighted by molar-refractivity contribution is 0.180. The van der Waals surface area contributed by atoms with Crippen LogP contribution in [-0.2, 0) is 5.41 Å².